The largest absolute Gasteiger partial charge is 0.377 e. The summed E-state index contributed by atoms with van der Waals surface area (Å²) < 4.78 is 9.05. The second kappa shape index (κ2) is 7.55. The highest BCUT2D eigenvalue weighted by molar-refractivity contribution is 7.97. The van der Waals surface area contributed by atoms with E-state index < -0.39 is 5.66 Å². The number of hydrogen-bond acceptors (Lipinski definition) is 6. The summed E-state index contributed by atoms with van der Waals surface area (Å²) >= 11 is 1.65. The van der Waals surface area contributed by atoms with Gasteiger partial charge in [-0.3, -0.25) is 10.0 Å². The van der Waals surface area contributed by atoms with Crippen molar-refractivity contribution in [3.8, 4) is 0 Å². The molecule has 8 heteroatoms. The third-order valence-electron chi connectivity index (χ3n) is 6.33. The van der Waals surface area contributed by atoms with Crippen LogP contribution in [0.25, 0.3) is 0 Å². The van der Waals surface area contributed by atoms with Gasteiger partial charge < -0.3 is 21.1 Å². The first-order valence-electron chi connectivity index (χ1n) is 10.3. The highest BCUT2D eigenvalue weighted by Crippen LogP contribution is 2.42. The first kappa shape index (κ1) is 19.8. The number of nitrogens with two attached hydrogens (primary N) is 1. The van der Waals surface area contributed by atoms with Crippen LogP contribution in [0.15, 0.2) is 47.4 Å². The van der Waals surface area contributed by atoms with E-state index in [0.717, 1.165) is 29.8 Å². The molecule has 7 nitrogen and oxygen atoms in total. The smallest absolute Gasteiger partial charge is 0.320 e. The van der Waals surface area contributed by atoms with Gasteiger partial charge in [-0.1, -0.05) is 35.9 Å². The quantitative estimate of drug-likeness (QED) is 0.481. The van der Waals surface area contributed by atoms with Crippen molar-refractivity contribution >= 4 is 23.7 Å². The van der Waals surface area contributed by atoms with Gasteiger partial charge in [0.2, 0.25) is 0 Å². The Bertz CT molecular complexity index is 974. The number of benzene rings is 2. The number of rotatable bonds is 4. The van der Waals surface area contributed by atoms with E-state index in [4.69, 9.17) is 10.5 Å². The van der Waals surface area contributed by atoms with Crippen LogP contribution in [0.1, 0.15) is 16.7 Å². The Morgan fingerprint density at radius 1 is 1.27 bits per heavy atom. The zero-order valence-corrected chi connectivity index (χ0v) is 17.8. The van der Waals surface area contributed by atoms with Gasteiger partial charge in [-0.05, 0) is 43.0 Å². The van der Waals surface area contributed by atoms with E-state index >= 15 is 0 Å². The Morgan fingerprint density at radius 2 is 2.10 bits per heavy atom. The van der Waals surface area contributed by atoms with Crippen LogP contribution in [-0.4, -0.2) is 37.9 Å². The minimum absolute atomic E-state index is 0.0595. The molecule has 1 saturated heterocycles. The molecule has 3 aliphatic rings. The zero-order chi connectivity index (χ0) is 20.8. The third kappa shape index (κ3) is 3.29. The van der Waals surface area contributed by atoms with Gasteiger partial charge in [-0.2, -0.15) is 0 Å². The molecule has 2 amide bonds. The van der Waals surface area contributed by atoms with Crippen molar-refractivity contribution in [1.82, 2.24) is 15.4 Å². The summed E-state index contributed by atoms with van der Waals surface area (Å²) in [5, 5.41) is 10.1. The van der Waals surface area contributed by atoms with Crippen molar-refractivity contribution in [1.29, 1.82) is 0 Å². The molecule has 0 radical (unpaired) electrons. The molecule has 1 fully saturated rings. The molecule has 3 heterocycles. The average Bonchev–Trinajstić information content (AvgIpc) is 2.94. The number of hydrogen-bond donors (Lipinski definition) is 5. The van der Waals surface area contributed by atoms with E-state index in [1.807, 2.05) is 12.1 Å². The van der Waals surface area contributed by atoms with Gasteiger partial charge in [-0.15, -0.1) is 0 Å². The molecule has 158 valence electrons. The number of anilines is 1. The maximum atomic E-state index is 12.8. The second-order valence-electron chi connectivity index (χ2n) is 8.50. The van der Waals surface area contributed by atoms with E-state index in [1.165, 1.54) is 10.5 Å². The normalized spacial score (nSPS) is 27.0. The summed E-state index contributed by atoms with van der Waals surface area (Å²) in [6, 6.07) is 14.4. The summed E-state index contributed by atoms with van der Waals surface area (Å²) in [6.07, 6.45) is 0.818. The number of urea groups is 1. The van der Waals surface area contributed by atoms with Crippen LogP contribution < -0.4 is 26.4 Å². The van der Waals surface area contributed by atoms with Gasteiger partial charge >= 0.3 is 6.03 Å². The van der Waals surface area contributed by atoms with E-state index in [-0.39, 0.29) is 17.5 Å². The molecule has 0 aliphatic carbocycles. The summed E-state index contributed by atoms with van der Waals surface area (Å²) in [5.74, 6) is 0.0595. The predicted octanol–water partition coefficient (Wildman–Crippen LogP) is 2.07. The van der Waals surface area contributed by atoms with Gasteiger partial charge in [0, 0.05) is 35.2 Å². The van der Waals surface area contributed by atoms with E-state index in [2.05, 4.69) is 57.9 Å². The lowest BCUT2D eigenvalue weighted by atomic mass is 9.77. The number of carbonyl (C=O) groups excluding carboxylic acids is 1. The number of amides is 2. The molecule has 6 N–H and O–H groups in total. The predicted molar refractivity (Wildman–Crippen MR) is 118 cm³/mol. The molecule has 30 heavy (non-hydrogen) atoms. The van der Waals surface area contributed by atoms with Crippen molar-refractivity contribution in [3.05, 3.63) is 59.2 Å². The van der Waals surface area contributed by atoms with Gasteiger partial charge in [0.25, 0.3) is 0 Å². The molecule has 2 atom stereocenters. The lowest BCUT2D eigenvalue weighted by molar-refractivity contribution is -0.0940. The van der Waals surface area contributed by atoms with Crippen LogP contribution in [0.4, 0.5) is 10.5 Å². The highest BCUT2D eigenvalue weighted by atomic mass is 32.2. The Labute approximate surface area is 180 Å². The van der Waals surface area contributed by atoms with Crippen molar-refractivity contribution < 1.29 is 9.53 Å². The SMILES string of the molecule is Cc1ccc2c(c1)C(NC1(CN)COC1)(C1CNSc3ccccc3C1)NC(=O)N2. The Morgan fingerprint density at radius 3 is 2.87 bits per heavy atom. The molecule has 0 aromatic heterocycles. The van der Waals surface area contributed by atoms with E-state index in [1.54, 1.807) is 11.9 Å². The van der Waals surface area contributed by atoms with Crippen LogP contribution in [0.2, 0.25) is 0 Å². The Balaban J connectivity index is 1.65. The van der Waals surface area contributed by atoms with E-state index in [0.29, 0.717) is 19.8 Å². The maximum Gasteiger partial charge on any atom is 0.320 e. The summed E-state index contributed by atoms with van der Waals surface area (Å²) in [5.41, 5.74) is 9.30. The first-order chi connectivity index (χ1) is 14.5. The van der Waals surface area contributed by atoms with Crippen LogP contribution in [0, 0.1) is 12.8 Å². The standard InChI is InChI=1S/C22H27N5O2S/c1-14-6-7-18-17(8-14)22(26-20(28)25-18,27-21(11-23)12-29-13-21)16-9-15-4-2-3-5-19(15)30-24-10-16/h2-8,16,24,27H,9-13,23H2,1H3,(H2,25,26,28). The molecule has 2 unspecified atom stereocenters. The fourth-order valence-electron chi connectivity index (χ4n) is 4.66. The summed E-state index contributed by atoms with van der Waals surface area (Å²) in [4.78, 5) is 14.1. The summed E-state index contributed by atoms with van der Waals surface area (Å²) in [6.45, 7) is 4.29. The number of fused-ring (bicyclic) bond motifs is 2. The van der Waals surface area contributed by atoms with Crippen LogP contribution >= 0.6 is 11.9 Å². The molecule has 0 spiro atoms. The van der Waals surface area contributed by atoms with Gasteiger partial charge in [0.05, 0.1) is 18.8 Å². The monoisotopic (exact) mass is 425 g/mol. The van der Waals surface area contributed by atoms with Crippen LogP contribution in [-0.2, 0) is 16.8 Å². The molecule has 0 bridgehead atoms. The minimum Gasteiger partial charge on any atom is -0.377 e. The van der Waals surface area contributed by atoms with Gasteiger partial charge in [-0.25, -0.2) is 4.79 Å². The molecule has 0 saturated carbocycles. The van der Waals surface area contributed by atoms with Crippen molar-refractivity contribution in [2.24, 2.45) is 11.7 Å². The van der Waals surface area contributed by atoms with Crippen LogP contribution in [0.5, 0.6) is 0 Å². The minimum atomic E-state index is -0.780. The molecule has 2 aromatic carbocycles. The van der Waals surface area contributed by atoms with E-state index in [9.17, 15) is 4.79 Å². The third-order valence-corrected chi connectivity index (χ3v) is 7.26. The molecule has 5 rings (SSSR count). The van der Waals surface area contributed by atoms with Crippen molar-refractivity contribution in [2.45, 2.75) is 29.4 Å². The highest BCUT2D eigenvalue weighted by Gasteiger charge is 2.52. The number of aryl methyl sites for hydroxylation is 1. The Hall–Kier alpha value is -2.10. The lowest BCUT2D eigenvalue weighted by Crippen LogP contribution is -2.76. The average molecular weight is 426 g/mol. The molecule has 3 aliphatic heterocycles. The number of nitrogens with one attached hydrogen (secondary N) is 4. The fourth-order valence-corrected chi connectivity index (χ4v) is 5.53. The Kier molecular flexibility index (Phi) is 4.99. The number of ether oxygens (including phenoxy) is 1. The zero-order valence-electron chi connectivity index (χ0n) is 17.0. The molecular formula is C22H27N5O2S. The van der Waals surface area contributed by atoms with Gasteiger partial charge in [0.15, 0.2) is 0 Å². The molecular weight excluding hydrogens is 398 g/mol. The topological polar surface area (TPSA) is 100 Å². The lowest BCUT2D eigenvalue weighted by Gasteiger charge is -2.53. The fraction of sp³-hybridized carbons (Fsp3) is 0.409. The van der Waals surface area contributed by atoms with Crippen molar-refractivity contribution in [3.63, 3.8) is 0 Å². The van der Waals surface area contributed by atoms with Crippen LogP contribution in [0.3, 0.4) is 0 Å². The van der Waals surface area contributed by atoms with Gasteiger partial charge in [0.1, 0.15) is 5.66 Å². The molecule has 2 aromatic rings. The second-order valence-corrected chi connectivity index (χ2v) is 9.43. The first-order valence-corrected chi connectivity index (χ1v) is 11.1. The van der Waals surface area contributed by atoms with Crippen molar-refractivity contribution in [2.75, 3.05) is 31.6 Å². The maximum absolute atomic E-state index is 12.8. The number of carbonyl (C=O) groups is 1. The summed E-state index contributed by atoms with van der Waals surface area (Å²) in [7, 11) is 0.